The highest BCUT2D eigenvalue weighted by Crippen LogP contribution is 2.25. The van der Waals surface area contributed by atoms with Crippen molar-refractivity contribution in [3.8, 4) is 0 Å². The predicted molar refractivity (Wildman–Crippen MR) is 68.4 cm³/mol. The number of nitrogens with zero attached hydrogens (tertiary/aromatic N) is 2. The average molecular weight is 262 g/mol. The fourth-order valence-corrected chi connectivity index (χ4v) is 3.04. The van der Waals surface area contributed by atoms with Crippen LogP contribution in [0.25, 0.3) is 0 Å². The predicted octanol–water partition coefficient (Wildman–Crippen LogP) is 0.236. The van der Waals surface area contributed by atoms with Crippen molar-refractivity contribution >= 4 is 11.8 Å². The molecule has 1 fully saturated rings. The summed E-state index contributed by atoms with van der Waals surface area (Å²) in [5.74, 6) is -0.597. The van der Waals surface area contributed by atoms with Gasteiger partial charge in [0, 0.05) is 24.3 Å². The van der Waals surface area contributed by atoms with E-state index in [1.807, 2.05) is 0 Å². The fraction of sp³-hybridized carbons (Fsp3) is 0.615. The molecule has 19 heavy (non-hydrogen) atoms. The minimum Gasteiger partial charge on any atom is -0.369 e. The number of fused-ring (bicyclic) bond motifs is 1. The van der Waals surface area contributed by atoms with E-state index >= 15 is 0 Å². The molecule has 102 valence electrons. The largest absolute Gasteiger partial charge is 0.369 e. The molecule has 0 radical (unpaired) electrons. The van der Waals surface area contributed by atoms with Crippen LogP contribution in [0.2, 0.25) is 0 Å². The third kappa shape index (κ3) is 2.11. The van der Waals surface area contributed by atoms with E-state index < -0.39 is 0 Å². The molecule has 1 aromatic heterocycles. The van der Waals surface area contributed by atoms with Crippen molar-refractivity contribution in [2.24, 2.45) is 11.7 Å². The van der Waals surface area contributed by atoms with Crippen LogP contribution in [0.3, 0.4) is 0 Å². The van der Waals surface area contributed by atoms with Crippen molar-refractivity contribution in [1.82, 2.24) is 15.1 Å². The molecule has 0 bridgehead atoms. The third-order valence-electron chi connectivity index (χ3n) is 4.12. The molecule has 0 saturated carbocycles. The van der Waals surface area contributed by atoms with Crippen molar-refractivity contribution in [2.45, 2.75) is 32.1 Å². The van der Waals surface area contributed by atoms with Gasteiger partial charge >= 0.3 is 0 Å². The Morgan fingerprint density at radius 2 is 2.16 bits per heavy atom. The maximum atomic E-state index is 12.5. The minimum absolute atomic E-state index is 0.0645. The molecular weight excluding hydrogens is 244 g/mol. The van der Waals surface area contributed by atoms with Gasteiger partial charge < -0.3 is 10.6 Å². The molecule has 1 saturated heterocycles. The normalized spacial score (nSPS) is 22.3. The Morgan fingerprint density at radius 3 is 2.95 bits per heavy atom. The molecule has 0 aromatic carbocycles. The number of hydrogen-bond donors (Lipinski definition) is 2. The van der Waals surface area contributed by atoms with Gasteiger partial charge in [-0.2, -0.15) is 5.10 Å². The number of primary amides is 1. The first-order valence-electron chi connectivity index (χ1n) is 6.81. The highest BCUT2D eigenvalue weighted by atomic mass is 16.2. The summed E-state index contributed by atoms with van der Waals surface area (Å²) in [6, 6.07) is 0. The van der Waals surface area contributed by atoms with Gasteiger partial charge in [-0.1, -0.05) is 0 Å². The summed E-state index contributed by atoms with van der Waals surface area (Å²) >= 11 is 0. The molecule has 2 amide bonds. The van der Waals surface area contributed by atoms with Crippen molar-refractivity contribution in [3.05, 3.63) is 17.0 Å². The van der Waals surface area contributed by atoms with Gasteiger partial charge in [-0.15, -0.1) is 0 Å². The van der Waals surface area contributed by atoms with Crippen LogP contribution >= 0.6 is 0 Å². The molecule has 1 aliphatic carbocycles. The van der Waals surface area contributed by atoms with Gasteiger partial charge in [0.1, 0.15) is 0 Å². The minimum atomic E-state index is -0.315. The molecule has 0 spiro atoms. The fourth-order valence-electron chi connectivity index (χ4n) is 3.04. The zero-order valence-electron chi connectivity index (χ0n) is 10.8. The SMILES string of the molecule is NC(=O)C1CCCN(C(=O)c2n[nH]c3c2CCC3)C1. The number of likely N-dealkylation sites (tertiary alicyclic amines) is 1. The van der Waals surface area contributed by atoms with Gasteiger partial charge in [0.15, 0.2) is 5.69 Å². The molecule has 1 aromatic rings. The van der Waals surface area contributed by atoms with Crippen LogP contribution in [-0.4, -0.2) is 40.0 Å². The smallest absolute Gasteiger partial charge is 0.274 e. The first-order chi connectivity index (χ1) is 9.16. The number of nitrogens with one attached hydrogen (secondary N) is 1. The summed E-state index contributed by atoms with van der Waals surface area (Å²) in [4.78, 5) is 25.5. The monoisotopic (exact) mass is 262 g/mol. The summed E-state index contributed by atoms with van der Waals surface area (Å²) in [5, 5.41) is 7.10. The van der Waals surface area contributed by atoms with Gasteiger partial charge in [-0.3, -0.25) is 14.7 Å². The Kier molecular flexibility index (Phi) is 3.00. The van der Waals surface area contributed by atoms with Crippen molar-refractivity contribution < 1.29 is 9.59 Å². The van der Waals surface area contributed by atoms with Crippen LogP contribution in [0.4, 0.5) is 0 Å². The van der Waals surface area contributed by atoms with Crippen LogP contribution in [-0.2, 0) is 17.6 Å². The molecule has 3 N–H and O–H groups in total. The van der Waals surface area contributed by atoms with E-state index in [0.29, 0.717) is 18.8 Å². The molecule has 6 nitrogen and oxygen atoms in total. The molecule has 2 aliphatic rings. The number of carbonyl (C=O) groups excluding carboxylic acids is 2. The summed E-state index contributed by atoms with van der Waals surface area (Å²) < 4.78 is 0. The van der Waals surface area contributed by atoms with E-state index in [1.54, 1.807) is 4.90 Å². The number of carbonyl (C=O) groups is 2. The average Bonchev–Trinajstić information content (AvgIpc) is 3.00. The number of hydrogen-bond acceptors (Lipinski definition) is 3. The maximum absolute atomic E-state index is 12.5. The maximum Gasteiger partial charge on any atom is 0.274 e. The lowest BCUT2D eigenvalue weighted by molar-refractivity contribution is -0.123. The topological polar surface area (TPSA) is 92.1 Å². The van der Waals surface area contributed by atoms with E-state index in [4.69, 9.17) is 5.73 Å². The van der Waals surface area contributed by atoms with Crippen molar-refractivity contribution in [1.29, 1.82) is 0 Å². The van der Waals surface area contributed by atoms with Gasteiger partial charge in [-0.25, -0.2) is 0 Å². The lowest BCUT2D eigenvalue weighted by atomic mass is 9.97. The second-order valence-electron chi connectivity index (χ2n) is 5.38. The summed E-state index contributed by atoms with van der Waals surface area (Å²) in [6.07, 6.45) is 4.57. The number of aryl methyl sites for hydroxylation is 1. The standard InChI is InChI=1S/C13H18N4O2/c14-12(18)8-3-2-6-17(7-8)13(19)11-9-4-1-5-10(9)15-16-11/h8H,1-7H2,(H2,14,18)(H,15,16). The van der Waals surface area contributed by atoms with Crippen LogP contribution in [0.5, 0.6) is 0 Å². The van der Waals surface area contributed by atoms with Crippen LogP contribution in [0.1, 0.15) is 41.0 Å². The van der Waals surface area contributed by atoms with Crippen molar-refractivity contribution in [2.75, 3.05) is 13.1 Å². The number of aromatic amines is 1. The second-order valence-corrected chi connectivity index (χ2v) is 5.38. The third-order valence-corrected chi connectivity index (χ3v) is 4.12. The number of amides is 2. The Hall–Kier alpha value is -1.85. The van der Waals surface area contributed by atoms with E-state index in [0.717, 1.165) is 43.4 Å². The van der Waals surface area contributed by atoms with E-state index in [2.05, 4.69) is 10.2 Å². The Balaban J connectivity index is 1.78. The van der Waals surface area contributed by atoms with Crippen molar-refractivity contribution in [3.63, 3.8) is 0 Å². The molecule has 1 atom stereocenters. The van der Waals surface area contributed by atoms with E-state index in [1.165, 1.54) is 0 Å². The van der Waals surface area contributed by atoms with Gasteiger partial charge in [0.25, 0.3) is 5.91 Å². The first-order valence-corrected chi connectivity index (χ1v) is 6.81. The molecule has 3 rings (SSSR count). The molecule has 2 heterocycles. The lowest BCUT2D eigenvalue weighted by Crippen LogP contribution is -2.44. The molecule has 1 unspecified atom stereocenters. The van der Waals surface area contributed by atoms with E-state index in [9.17, 15) is 9.59 Å². The van der Waals surface area contributed by atoms with Gasteiger partial charge in [-0.05, 0) is 32.1 Å². The second kappa shape index (κ2) is 4.68. The number of H-pyrrole nitrogens is 1. The quantitative estimate of drug-likeness (QED) is 0.799. The number of aromatic nitrogens is 2. The molecular formula is C13H18N4O2. The zero-order valence-corrected chi connectivity index (χ0v) is 10.8. The van der Waals surface area contributed by atoms with E-state index in [-0.39, 0.29) is 17.7 Å². The highest BCUT2D eigenvalue weighted by Gasteiger charge is 2.31. The summed E-state index contributed by atoms with van der Waals surface area (Å²) in [5.41, 5.74) is 8.03. The summed E-state index contributed by atoms with van der Waals surface area (Å²) in [6.45, 7) is 1.11. The Bertz CT molecular complexity index is 523. The Labute approximate surface area is 111 Å². The van der Waals surface area contributed by atoms with Gasteiger partial charge in [0.05, 0.1) is 5.92 Å². The van der Waals surface area contributed by atoms with Crippen LogP contribution in [0, 0.1) is 5.92 Å². The van der Waals surface area contributed by atoms with Gasteiger partial charge in [0.2, 0.25) is 5.91 Å². The summed E-state index contributed by atoms with van der Waals surface area (Å²) in [7, 11) is 0. The van der Waals surface area contributed by atoms with Crippen LogP contribution < -0.4 is 5.73 Å². The number of rotatable bonds is 2. The van der Waals surface area contributed by atoms with Crippen LogP contribution in [0.15, 0.2) is 0 Å². The number of nitrogens with two attached hydrogens (primary N) is 1. The zero-order chi connectivity index (χ0) is 13.4. The lowest BCUT2D eigenvalue weighted by Gasteiger charge is -2.30. The molecule has 6 heteroatoms. The first kappa shape index (κ1) is 12.2. The number of piperidine rings is 1. The molecule has 1 aliphatic heterocycles. The highest BCUT2D eigenvalue weighted by molar-refractivity contribution is 5.94. The Morgan fingerprint density at radius 1 is 1.32 bits per heavy atom.